The molecule has 0 spiro atoms. The normalized spacial score (nSPS) is 19.9. The molecule has 0 aliphatic carbocycles. The van der Waals surface area contributed by atoms with E-state index in [-0.39, 0.29) is 12.4 Å². The monoisotopic (exact) mass is 370 g/mol. The number of guanidine groups is 1. The van der Waals surface area contributed by atoms with Crippen molar-refractivity contribution in [2.45, 2.75) is 25.9 Å². The second-order valence-electron chi connectivity index (χ2n) is 6.31. The maximum absolute atomic E-state index is 13.5. The summed E-state index contributed by atoms with van der Waals surface area (Å²) < 4.78 is 37.1. The van der Waals surface area contributed by atoms with Crippen LogP contribution in [0.1, 0.15) is 13.8 Å². The zero-order valence-corrected chi connectivity index (χ0v) is 15.6. The Labute approximate surface area is 153 Å². The van der Waals surface area contributed by atoms with E-state index < -0.39 is 11.6 Å². The van der Waals surface area contributed by atoms with Crippen molar-refractivity contribution < 1.29 is 18.3 Å². The Balaban J connectivity index is 1.69. The maximum Gasteiger partial charge on any atom is 0.191 e. The van der Waals surface area contributed by atoms with Crippen LogP contribution in [0.15, 0.2) is 23.2 Å². The minimum absolute atomic E-state index is 0.0334. The largest absolute Gasteiger partial charge is 0.489 e. The molecule has 26 heavy (non-hydrogen) atoms. The number of nitrogens with one attached hydrogen (secondary N) is 2. The lowest BCUT2D eigenvalue weighted by Gasteiger charge is -2.38. The Bertz CT molecular complexity index is 601. The Hall–Kier alpha value is -1.93. The molecule has 0 amide bonds. The average molecular weight is 370 g/mol. The molecule has 1 aromatic carbocycles. The van der Waals surface area contributed by atoms with Gasteiger partial charge in [0.05, 0.1) is 19.8 Å². The molecule has 1 saturated heterocycles. The molecular formula is C18H28F2N4O2. The van der Waals surface area contributed by atoms with Crippen molar-refractivity contribution in [3.05, 3.63) is 29.8 Å². The number of hydrogen-bond acceptors (Lipinski definition) is 4. The fraction of sp³-hybridized carbons (Fsp3) is 0.611. The molecule has 8 heteroatoms. The summed E-state index contributed by atoms with van der Waals surface area (Å²) in [5.74, 6) is -0.644. The molecule has 0 radical (unpaired) electrons. The molecule has 1 fully saturated rings. The quantitative estimate of drug-likeness (QED) is 0.434. The highest BCUT2D eigenvalue weighted by Crippen LogP contribution is 2.17. The summed E-state index contributed by atoms with van der Waals surface area (Å²) in [5, 5.41) is 6.40. The number of morpholine rings is 1. The predicted molar refractivity (Wildman–Crippen MR) is 97.7 cm³/mol. The molecule has 1 aromatic rings. The summed E-state index contributed by atoms with van der Waals surface area (Å²) in [5.41, 5.74) is 0. The van der Waals surface area contributed by atoms with E-state index in [1.807, 2.05) is 0 Å². The Morgan fingerprint density at radius 1 is 1.42 bits per heavy atom. The lowest BCUT2D eigenvalue weighted by Crippen LogP contribution is -2.53. The number of nitrogens with zero attached hydrogens (tertiary/aromatic N) is 2. The molecule has 0 saturated carbocycles. The molecule has 6 nitrogen and oxygen atoms in total. The third-order valence-corrected chi connectivity index (χ3v) is 4.32. The maximum atomic E-state index is 13.5. The number of aliphatic imine (C=N–C) groups is 1. The number of ether oxygens (including phenoxy) is 2. The summed E-state index contributed by atoms with van der Waals surface area (Å²) >= 11 is 0. The van der Waals surface area contributed by atoms with Gasteiger partial charge in [-0.1, -0.05) is 0 Å². The first kappa shape index (κ1) is 20.4. The molecule has 146 valence electrons. The number of hydrogen-bond donors (Lipinski definition) is 2. The summed E-state index contributed by atoms with van der Waals surface area (Å²) in [6, 6.07) is 3.99. The summed E-state index contributed by atoms with van der Waals surface area (Å²) in [7, 11) is 1.69. The van der Waals surface area contributed by atoms with Crippen LogP contribution in [0.3, 0.4) is 0 Å². The van der Waals surface area contributed by atoms with E-state index >= 15 is 0 Å². The molecule has 0 bridgehead atoms. The zero-order chi connectivity index (χ0) is 18.9. The van der Waals surface area contributed by atoms with Gasteiger partial charge in [0.15, 0.2) is 17.5 Å². The van der Waals surface area contributed by atoms with E-state index in [2.05, 4.69) is 34.4 Å². The SMILES string of the molecule is CN=C(NCCOc1ccc(F)cc1F)NCC(C)N1CCOCC1C. The zero-order valence-electron chi connectivity index (χ0n) is 15.6. The van der Waals surface area contributed by atoms with E-state index in [0.29, 0.717) is 24.6 Å². The van der Waals surface area contributed by atoms with Crippen LogP contribution in [0.4, 0.5) is 8.78 Å². The van der Waals surface area contributed by atoms with Gasteiger partial charge in [-0.3, -0.25) is 9.89 Å². The van der Waals surface area contributed by atoms with Gasteiger partial charge in [0, 0.05) is 38.3 Å². The fourth-order valence-electron chi connectivity index (χ4n) is 2.90. The average Bonchev–Trinajstić information content (AvgIpc) is 2.62. The van der Waals surface area contributed by atoms with E-state index in [9.17, 15) is 8.78 Å². The summed E-state index contributed by atoms with van der Waals surface area (Å²) in [6.07, 6.45) is 0. The van der Waals surface area contributed by atoms with Crippen LogP contribution in [0.5, 0.6) is 5.75 Å². The topological polar surface area (TPSA) is 58.1 Å². The highest BCUT2D eigenvalue weighted by Gasteiger charge is 2.23. The molecule has 0 aromatic heterocycles. The van der Waals surface area contributed by atoms with E-state index in [4.69, 9.17) is 9.47 Å². The minimum Gasteiger partial charge on any atom is -0.489 e. The molecule has 1 heterocycles. The van der Waals surface area contributed by atoms with Crippen LogP contribution in [0.25, 0.3) is 0 Å². The van der Waals surface area contributed by atoms with Crippen molar-refractivity contribution in [3.8, 4) is 5.75 Å². The van der Waals surface area contributed by atoms with E-state index in [1.54, 1.807) is 7.05 Å². The van der Waals surface area contributed by atoms with Crippen molar-refractivity contribution in [1.82, 2.24) is 15.5 Å². The van der Waals surface area contributed by atoms with Gasteiger partial charge in [0.2, 0.25) is 0 Å². The standard InChI is InChI=1S/C18H28F2N4O2/c1-13(24-7-9-25-12-14(24)2)11-23-18(21-3)22-6-8-26-17-5-4-15(19)10-16(17)20/h4-5,10,13-14H,6-9,11-12H2,1-3H3,(H2,21,22,23). The molecule has 2 N–H and O–H groups in total. The van der Waals surface area contributed by atoms with Crippen molar-refractivity contribution >= 4 is 5.96 Å². The Kier molecular flexibility index (Phi) is 8.06. The fourth-order valence-corrected chi connectivity index (χ4v) is 2.90. The molecule has 2 unspecified atom stereocenters. The van der Waals surface area contributed by atoms with Gasteiger partial charge in [-0.05, 0) is 26.0 Å². The Morgan fingerprint density at radius 2 is 2.23 bits per heavy atom. The molecular weight excluding hydrogens is 342 g/mol. The van der Waals surface area contributed by atoms with Crippen molar-refractivity contribution in [3.63, 3.8) is 0 Å². The molecule has 1 aliphatic heterocycles. The second-order valence-corrected chi connectivity index (χ2v) is 6.31. The van der Waals surface area contributed by atoms with Gasteiger partial charge in [0.1, 0.15) is 12.4 Å². The van der Waals surface area contributed by atoms with Crippen molar-refractivity contribution in [2.75, 3.05) is 46.5 Å². The second kappa shape index (κ2) is 10.3. The van der Waals surface area contributed by atoms with Gasteiger partial charge < -0.3 is 20.1 Å². The summed E-state index contributed by atoms with van der Waals surface area (Å²) in [4.78, 5) is 6.58. The lowest BCUT2D eigenvalue weighted by atomic mass is 10.2. The van der Waals surface area contributed by atoms with Crippen LogP contribution in [-0.4, -0.2) is 69.4 Å². The van der Waals surface area contributed by atoms with Crippen LogP contribution in [0, 0.1) is 11.6 Å². The highest BCUT2D eigenvalue weighted by molar-refractivity contribution is 5.79. The van der Waals surface area contributed by atoms with Gasteiger partial charge >= 0.3 is 0 Å². The van der Waals surface area contributed by atoms with Crippen LogP contribution in [-0.2, 0) is 4.74 Å². The number of benzene rings is 1. The summed E-state index contributed by atoms with van der Waals surface area (Å²) in [6.45, 7) is 8.20. The molecule has 2 rings (SSSR count). The van der Waals surface area contributed by atoms with Crippen molar-refractivity contribution in [2.24, 2.45) is 4.99 Å². The highest BCUT2D eigenvalue weighted by atomic mass is 19.1. The minimum atomic E-state index is -0.707. The van der Waals surface area contributed by atoms with Crippen LogP contribution in [0.2, 0.25) is 0 Å². The molecule has 1 aliphatic rings. The third-order valence-electron chi connectivity index (χ3n) is 4.32. The van der Waals surface area contributed by atoms with Crippen LogP contribution < -0.4 is 15.4 Å². The van der Waals surface area contributed by atoms with Gasteiger partial charge in [-0.2, -0.15) is 0 Å². The number of halogens is 2. The number of rotatable bonds is 7. The van der Waals surface area contributed by atoms with E-state index in [0.717, 1.165) is 32.4 Å². The van der Waals surface area contributed by atoms with Crippen molar-refractivity contribution in [1.29, 1.82) is 0 Å². The molecule has 2 atom stereocenters. The first-order valence-corrected chi connectivity index (χ1v) is 8.87. The van der Waals surface area contributed by atoms with Crippen LogP contribution >= 0.6 is 0 Å². The van der Waals surface area contributed by atoms with Gasteiger partial charge in [-0.15, -0.1) is 0 Å². The smallest absolute Gasteiger partial charge is 0.191 e. The van der Waals surface area contributed by atoms with E-state index in [1.165, 1.54) is 12.1 Å². The predicted octanol–water partition coefficient (Wildman–Crippen LogP) is 1.62. The van der Waals surface area contributed by atoms with Gasteiger partial charge in [0.25, 0.3) is 0 Å². The first-order valence-electron chi connectivity index (χ1n) is 8.87. The van der Waals surface area contributed by atoms with Gasteiger partial charge in [-0.25, -0.2) is 8.78 Å². The third kappa shape index (κ3) is 6.10. The lowest BCUT2D eigenvalue weighted by molar-refractivity contribution is -0.0174. The first-order chi connectivity index (χ1) is 12.5. The Morgan fingerprint density at radius 3 is 2.92 bits per heavy atom.